The molecule has 176 valence electrons. The molecule has 0 bridgehead atoms. The Morgan fingerprint density at radius 2 is 2.09 bits per heavy atom. The maximum atomic E-state index is 13.2. The van der Waals surface area contributed by atoms with Crippen molar-refractivity contribution in [3.05, 3.63) is 77.6 Å². The number of piperidine rings is 1. The molecule has 6 nitrogen and oxygen atoms in total. The SMILES string of the molecule is COc1cc(/C=C2\CCCN3C2=NOC[C@@H]3CSc2ccc(F)cc2)ccc1-n1cnc(C)c1. The third kappa shape index (κ3) is 4.82. The van der Waals surface area contributed by atoms with E-state index in [1.54, 1.807) is 25.2 Å². The van der Waals surface area contributed by atoms with Gasteiger partial charge in [0.25, 0.3) is 0 Å². The van der Waals surface area contributed by atoms with E-state index < -0.39 is 0 Å². The van der Waals surface area contributed by atoms with Crippen molar-refractivity contribution in [2.75, 3.05) is 26.0 Å². The summed E-state index contributed by atoms with van der Waals surface area (Å²) in [5.74, 6) is 2.34. The van der Waals surface area contributed by atoms with E-state index >= 15 is 0 Å². The fourth-order valence-corrected chi connectivity index (χ4v) is 5.32. The van der Waals surface area contributed by atoms with Gasteiger partial charge in [-0.25, -0.2) is 9.37 Å². The zero-order chi connectivity index (χ0) is 23.5. The van der Waals surface area contributed by atoms with Gasteiger partial charge >= 0.3 is 0 Å². The lowest BCUT2D eigenvalue weighted by atomic mass is 9.98. The summed E-state index contributed by atoms with van der Waals surface area (Å²) < 4.78 is 20.9. The number of hydrogen-bond donors (Lipinski definition) is 0. The fraction of sp³-hybridized carbons (Fsp3) is 0.308. The molecular weight excluding hydrogens is 451 g/mol. The lowest BCUT2D eigenvalue weighted by Gasteiger charge is -2.40. The predicted molar refractivity (Wildman–Crippen MR) is 133 cm³/mol. The molecule has 0 spiro atoms. The summed E-state index contributed by atoms with van der Waals surface area (Å²) in [6.45, 7) is 3.48. The minimum atomic E-state index is -0.213. The first-order valence-electron chi connectivity index (χ1n) is 11.4. The topological polar surface area (TPSA) is 51.9 Å². The Morgan fingerprint density at radius 3 is 2.85 bits per heavy atom. The molecule has 1 fully saturated rings. The number of halogens is 1. The van der Waals surface area contributed by atoms with E-state index in [0.717, 1.165) is 64.1 Å². The molecule has 2 aliphatic rings. The van der Waals surface area contributed by atoms with E-state index in [9.17, 15) is 4.39 Å². The van der Waals surface area contributed by atoms with Crippen molar-refractivity contribution in [2.24, 2.45) is 5.16 Å². The minimum absolute atomic E-state index is 0.213. The highest BCUT2D eigenvalue weighted by atomic mass is 32.2. The summed E-state index contributed by atoms with van der Waals surface area (Å²) in [4.78, 5) is 13.4. The van der Waals surface area contributed by atoms with Gasteiger partial charge in [0, 0.05) is 23.4 Å². The Hall–Kier alpha value is -3.26. The van der Waals surface area contributed by atoms with Gasteiger partial charge in [0.1, 0.15) is 18.2 Å². The van der Waals surface area contributed by atoms with Crippen molar-refractivity contribution in [3.8, 4) is 11.4 Å². The summed E-state index contributed by atoms with van der Waals surface area (Å²) in [6, 6.07) is 13.0. The smallest absolute Gasteiger partial charge is 0.171 e. The molecule has 0 aliphatic carbocycles. The second-order valence-electron chi connectivity index (χ2n) is 8.45. The van der Waals surface area contributed by atoms with Gasteiger partial charge in [0.15, 0.2) is 5.84 Å². The van der Waals surface area contributed by atoms with Crippen molar-refractivity contribution in [3.63, 3.8) is 0 Å². The molecule has 0 saturated carbocycles. The molecule has 34 heavy (non-hydrogen) atoms. The summed E-state index contributed by atoms with van der Waals surface area (Å²) in [5, 5.41) is 4.43. The lowest BCUT2D eigenvalue weighted by molar-refractivity contribution is 0.0665. The zero-order valence-corrected chi connectivity index (χ0v) is 20.1. The van der Waals surface area contributed by atoms with Crippen LogP contribution in [0.25, 0.3) is 11.8 Å². The molecule has 0 amide bonds. The molecule has 5 rings (SSSR count). The lowest BCUT2D eigenvalue weighted by Crippen LogP contribution is -2.50. The predicted octanol–water partition coefficient (Wildman–Crippen LogP) is 5.31. The van der Waals surface area contributed by atoms with Crippen LogP contribution in [0.15, 0.2) is 70.6 Å². The first-order valence-corrected chi connectivity index (χ1v) is 12.3. The van der Waals surface area contributed by atoms with Crippen molar-refractivity contribution < 1.29 is 14.0 Å². The third-order valence-corrected chi connectivity index (χ3v) is 7.21. The van der Waals surface area contributed by atoms with Crippen LogP contribution in [-0.2, 0) is 4.84 Å². The van der Waals surface area contributed by atoms with E-state index in [1.165, 1.54) is 12.1 Å². The van der Waals surface area contributed by atoms with E-state index in [4.69, 9.17) is 9.57 Å². The van der Waals surface area contributed by atoms with E-state index in [1.807, 2.05) is 42.0 Å². The molecule has 0 radical (unpaired) electrons. The minimum Gasteiger partial charge on any atom is -0.495 e. The van der Waals surface area contributed by atoms with Crippen molar-refractivity contribution in [1.29, 1.82) is 0 Å². The number of fused-ring (bicyclic) bond motifs is 1. The Balaban J connectivity index is 1.34. The molecule has 2 aromatic carbocycles. The number of aryl methyl sites for hydroxylation is 1. The number of ether oxygens (including phenoxy) is 1. The molecule has 3 heterocycles. The van der Waals surface area contributed by atoms with E-state index in [0.29, 0.717) is 6.61 Å². The van der Waals surface area contributed by atoms with Crippen LogP contribution in [0.1, 0.15) is 24.1 Å². The molecule has 2 aliphatic heterocycles. The van der Waals surface area contributed by atoms with Gasteiger partial charge < -0.3 is 19.0 Å². The molecule has 0 unspecified atom stereocenters. The van der Waals surface area contributed by atoms with Gasteiger partial charge in [0.05, 0.1) is 30.9 Å². The number of aromatic nitrogens is 2. The van der Waals surface area contributed by atoms with Gasteiger partial charge in [-0.1, -0.05) is 11.2 Å². The number of rotatable bonds is 6. The van der Waals surface area contributed by atoms with Crippen LogP contribution in [0, 0.1) is 12.7 Å². The van der Waals surface area contributed by atoms with Gasteiger partial charge in [-0.05, 0) is 73.4 Å². The quantitative estimate of drug-likeness (QED) is 0.449. The average Bonchev–Trinajstić information content (AvgIpc) is 3.30. The van der Waals surface area contributed by atoms with Gasteiger partial charge in [-0.2, -0.15) is 0 Å². The zero-order valence-electron chi connectivity index (χ0n) is 19.3. The fourth-order valence-electron chi connectivity index (χ4n) is 4.33. The maximum absolute atomic E-state index is 13.2. The Bertz CT molecular complexity index is 1220. The monoisotopic (exact) mass is 478 g/mol. The van der Waals surface area contributed by atoms with Crippen molar-refractivity contribution >= 4 is 23.7 Å². The standard InChI is InChI=1S/C26H27FN4O2S/c1-18-14-30(17-28-18)24-10-5-19(13-25(24)32-2)12-20-4-3-11-31-22(15-33-29-26(20)31)16-34-23-8-6-21(27)7-9-23/h5-10,12-14,17,22H,3-4,11,15-16H2,1-2H3/b20-12+/t22-/m1/s1. The maximum Gasteiger partial charge on any atom is 0.171 e. The van der Waals surface area contributed by atoms with Crippen LogP contribution < -0.4 is 4.74 Å². The van der Waals surface area contributed by atoms with Crippen molar-refractivity contribution in [2.45, 2.75) is 30.7 Å². The van der Waals surface area contributed by atoms with Crippen molar-refractivity contribution in [1.82, 2.24) is 14.5 Å². The normalized spacial score (nSPS) is 18.9. The Morgan fingerprint density at radius 1 is 1.24 bits per heavy atom. The Kier molecular flexibility index (Phi) is 6.58. The molecule has 3 aromatic rings. The molecule has 1 atom stereocenters. The average molecular weight is 479 g/mol. The summed E-state index contributed by atoms with van der Waals surface area (Å²) in [6.07, 6.45) is 7.96. The van der Waals surface area contributed by atoms with Crippen LogP contribution in [0.5, 0.6) is 5.75 Å². The van der Waals surface area contributed by atoms with Crippen LogP contribution in [0.2, 0.25) is 0 Å². The molecule has 1 saturated heterocycles. The molecule has 0 N–H and O–H groups in total. The second kappa shape index (κ2) is 9.93. The van der Waals surface area contributed by atoms with Crippen LogP contribution in [-0.4, -0.2) is 52.3 Å². The van der Waals surface area contributed by atoms with Gasteiger partial charge in [-0.3, -0.25) is 0 Å². The largest absolute Gasteiger partial charge is 0.495 e. The first-order chi connectivity index (χ1) is 16.6. The molecular formula is C26H27FN4O2S. The highest BCUT2D eigenvalue weighted by molar-refractivity contribution is 7.99. The van der Waals surface area contributed by atoms with E-state index in [2.05, 4.69) is 27.2 Å². The number of amidine groups is 1. The Labute approximate surface area is 203 Å². The van der Waals surface area contributed by atoms with E-state index in [-0.39, 0.29) is 11.9 Å². The number of imidazole rings is 1. The van der Waals surface area contributed by atoms with Gasteiger partial charge in [-0.15, -0.1) is 11.8 Å². The van der Waals surface area contributed by atoms with Gasteiger partial charge in [0.2, 0.25) is 0 Å². The van der Waals surface area contributed by atoms with Crippen LogP contribution in [0.3, 0.4) is 0 Å². The summed E-state index contributed by atoms with van der Waals surface area (Å²) in [5.41, 5.74) is 4.13. The number of thioether (sulfide) groups is 1. The second-order valence-corrected chi connectivity index (χ2v) is 9.54. The highest BCUT2D eigenvalue weighted by Gasteiger charge is 2.32. The number of methoxy groups -OCH3 is 1. The van der Waals surface area contributed by atoms with Crippen LogP contribution in [0.4, 0.5) is 4.39 Å². The highest BCUT2D eigenvalue weighted by Crippen LogP contribution is 2.31. The molecule has 1 aromatic heterocycles. The first kappa shape index (κ1) is 22.5. The number of hydrogen-bond acceptors (Lipinski definition) is 6. The third-order valence-electron chi connectivity index (χ3n) is 6.05. The number of nitrogens with zero attached hydrogens (tertiary/aromatic N) is 4. The van der Waals surface area contributed by atoms with Crippen LogP contribution >= 0.6 is 11.8 Å². The summed E-state index contributed by atoms with van der Waals surface area (Å²) in [7, 11) is 1.68. The number of benzene rings is 2. The summed E-state index contributed by atoms with van der Waals surface area (Å²) >= 11 is 1.72. The number of oxime groups is 1. The molecule has 8 heteroatoms.